The number of nitrogens with one attached hydrogen (secondary N) is 2. The van der Waals surface area contributed by atoms with Crippen molar-refractivity contribution in [2.24, 2.45) is 5.92 Å². The Morgan fingerprint density at radius 1 is 1.20 bits per heavy atom. The van der Waals surface area contributed by atoms with Crippen LogP contribution in [0, 0.1) is 5.92 Å². The summed E-state index contributed by atoms with van der Waals surface area (Å²) in [5.41, 5.74) is -0.742. The number of carbonyl (C=O) groups is 3. The molecule has 2 aliphatic heterocycles. The predicted octanol–water partition coefficient (Wildman–Crippen LogP) is 1.09. The molecule has 0 atom stereocenters. The number of imide groups is 1. The topological polar surface area (TPSA) is 81.8 Å². The number of rotatable bonds is 5. The van der Waals surface area contributed by atoms with Crippen molar-refractivity contribution in [3.05, 3.63) is 0 Å². The number of piperidine rings is 1. The van der Waals surface area contributed by atoms with Gasteiger partial charge in [-0.05, 0) is 44.7 Å². The van der Waals surface area contributed by atoms with Crippen molar-refractivity contribution in [3.63, 3.8) is 0 Å². The van der Waals surface area contributed by atoms with Gasteiger partial charge in [-0.25, -0.2) is 4.79 Å². The van der Waals surface area contributed by atoms with Gasteiger partial charge in [-0.1, -0.05) is 26.2 Å². The molecule has 0 bridgehead atoms. The van der Waals surface area contributed by atoms with Crippen LogP contribution in [0.2, 0.25) is 0 Å². The van der Waals surface area contributed by atoms with Crippen molar-refractivity contribution >= 4 is 17.8 Å². The molecule has 25 heavy (non-hydrogen) atoms. The van der Waals surface area contributed by atoms with Crippen LogP contribution in [0.1, 0.15) is 51.9 Å². The van der Waals surface area contributed by atoms with Crippen LogP contribution in [-0.4, -0.2) is 65.9 Å². The Balaban J connectivity index is 1.53. The molecule has 140 valence electrons. The number of urea groups is 1. The largest absolute Gasteiger partial charge is 0.341 e. The molecule has 0 radical (unpaired) electrons. The smallest absolute Gasteiger partial charge is 0.325 e. The van der Waals surface area contributed by atoms with Gasteiger partial charge in [0.1, 0.15) is 12.1 Å². The highest BCUT2D eigenvalue weighted by Gasteiger charge is 2.51. The van der Waals surface area contributed by atoms with Gasteiger partial charge in [-0.15, -0.1) is 0 Å². The second-order valence-corrected chi connectivity index (χ2v) is 7.60. The Hall–Kier alpha value is -1.63. The van der Waals surface area contributed by atoms with E-state index in [0.717, 1.165) is 50.1 Å². The second-order valence-electron chi connectivity index (χ2n) is 7.60. The van der Waals surface area contributed by atoms with Crippen LogP contribution < -0.4 is 10.6 Å². The summed E-state index contributed by atoms with van der Waals surface area (Å²) in [6, 6.07) is -0.401. The van der Waals surface area contributed by atoms with Gasteiger partial charge in [-0.3, -0.25) is 14.5 Å². The average Bonchev–Trinajstić information content (AvgIpc) is 2.85. The third kappa shape index (κ3) is 3.81. The summed E-state index contributed by atoms with van der Waals surface area (Å²) in [5, 5.41) is 6.22. The van der Waals surface area contributed by atoms with E-state index in [2.05, 4.69) is 17.6 Å². The van der Waals surface area contributed by atoms with Gasteiger partial charge in [0.2, 0.25) is 5.91 Å². The summed E-state index contributed by atoms with van der Waals surface area (Å²) in [5.74, 6) is 0.289. The van der Waals surface area contributed by atoms with Crippen LogP contribution in [0.25, 0.3) is 0 Å². The molecule has 2 N–H and O–H groups in total. The van der Waals surface area contributed by atoms with E-state index < -0.39 is 11.6 Å². The molecule has 1 spiro atoms. The highest BCUT2D eigenvalue weighted by molar-refractivity contribution is 6.09. The molecule has 0 aromatic carbocycles. The number of hydrogen-bond donors (Lipinski definition) is 2. The average molecular weight is 350 g/mol. The standard InChI is InChI=1S/C18H30N4O3/c1-2-19-12-14-6-10-21(11-7-14)15(23)13-22-16(24)18(20-17(22)25)8-4-3-5-9-18/h14,19H,2-13H2,1H3,(H,20,25). The lowest BCUT2D eigenvalue weighted by atomic mass is 9.82. The summed E-state index contributed by atoms with van der Waals surface area (Å²) in [7, 11) is 0. The molecule has 7 nitrogen and oxygen atoms in total. The zero-order valence-electron chi connectivity index (χ0n) is 15.2. The van der Waals surface area contributed by atoms with E-state index in [9.17, 15) is 14.4 Å². The number of hydrogen-bond acceptors (Lipinski definition) is 4. The van der Waals surface area contributed by atoms with Crippen LogP contribution in [0.15, 0.2) is 0 Å². The number of amides is 4. The van der Waals surface area contributed by atoms with Gasteiger partial charge >= 0.3 is 6.03 Å². The molecule has 1 saturated carbocycles. The van der Waals surface area contributed by atoms with Gasteiger partial charge in [-0.2, -0.15) is 0 Å². The minimum absolute atomic E-state index is 0.113. The molecular formula is C18H30N4O3. The molecule has 1 aliphatic carbocycles. The fourth-order valence-corrected chi connectivity index (χ4v) is 4.28. The van der Waals surface area contributed by atoms with Crippen molar-refractivity contribution in [1.82, 2.24) is 20.4 Å². The van der Waals surface area contributed by atoms with Crippen LogP contribution in [-0.2, 0) is 9.59 Å². The minimum atomic E-state index is -0.742. The summed E-state index contributed by atoms with van der Waals surface area (Å²) in [6.45, 7) is 5.36. The minimum Gasteiger partial charge on any atom is -0.341 e. The predicted molar refractivity (Wildman–Crippen MR) is 93.9 cm³/mol. The van der Waals surface area contributed by atoms with Crippen molar-refractivity contribution in [2.45, 2.75) is 57.4 Å². The van der Waals surface area contributed by atoms with Gasteiger partial charge in [0.25, 0.3) is 5.91 Å². The van der Waals surface area contributed by atoms with Gasteiger partial charge in [0.05, 0.1) is 0 Å². The number of likely N-dealkylation sites (tertiary alicyclic amines) is 1. The number of carbonyl (C=O) groups excluding carboxylic acids is 3. The summed E-state index contributed by atoms with van der Waals surface area (Å²) in [6.07, 6.45) is 6.34. The maximum atomic E-state index is 12.7. The van der Waals surface area contributed by atoms with Crippen LogP contribution in [0.4, 0.5) is 4.79 Å². The van der Waals surface area contributed by atoms with Crippen molar-refractivity contribution in [2.75, 3.05) is 32.7 Å². The van der Waals surface area contributed by atoms with E-state index >= 15 is 0 Å². The fraction of sp³-hybridized carbons (Fsp3) is 0.833. The van der Waals surface area contributed by atoms with E-state index in [4.69, 9.17) is 0 Å². The quantitative estimate of drug-likeness (QED) is 0.727. The van der Waals surface area contributed by atoms with Crippen LogP contribution >= 0.6 is 0 Å². The monoisotopic (exact) mass is 350 g/mol. The van der Waals surface area contributed by atoms with Crippen molar-refractivity contribution < 1.29 is 14.4 Å². The lowest BCUT2D eigenvalue weighted by molar-refractivity contribution is -0.140. The number of nitrogens with zero attached hydrogens (tertiary/aromatic N) is 2. The first-order chi connectivity index (χ1) is 12.1. The lowest BCUT2D eigenvalue weighted by Gasteiger charge is -2.33. The molecule has 2 saturated heterocycles. The molecule has 4 amide bonds. The van der Waals surface area contributed by atoms with Crippen molar-refractivity contribution in [1.29, 1.82) is 0 Å². The first kappa shape index (κ1) is 18.2. The third-order valence-electron chi connectivity index (χ3n) is 5.90. The van der Waals surface area contributed by atoms with Gasteiger partial charge in [0, 0.05) is 13.1 Å². The van der Waals surface area contributed by atoms with E-state index in [1.165, 1.54) is 0 Å². The third-order valence-corrected chi connectivity index (χ3v) is 5.90. The highest BCUT2D eigenvalue weighted by Crippen LogP contribution is 2.33. The van der Waals surface area contributed by atoms with E-state index in [0.29, 0.717) is 31.8 Å². The SMILES string of the molecule is CCNCC1CCN(C(=O)CN2C(=O)NC3(CCCCC3)C2=O)CC1. The first-order valence-corrected chi connectivity index (χ1v) is 9.68. The van der Waals surface area contributed by atoms with E-state index in [1.54, 1.807) is 4.90 Å². The normalized spacial score (nSPS) is 24.0. The second kappa shape index (κ2) is 7.72. The molecule has 0 unspecified atom stereocenters. The van der Waals surface area contributed by atoms with Crippen LogP contribution in [0.3, 0.4) is 0 Å². The van der Waals surface area contributed by atoms with Gasteiger partial charge < -0.3 is 15.5 Å². The zero-order valence-corrected chi connectivity index (χ0v) is 15.2. The molecule has 7 heteroatoms. The Bertz CT molecular complexity index is 522. The van der Waals surface area contributed by atoms with Crippen molar-refractivity contribution in [3.8, 4) is 0 Å². The van der Waals surface area contributed by atoms with E-state index in [-0.39, 0.29) is 18.4 Å². The Morgan fingerprint density at radius 3 is 2.52 bits per heavy atom. The van der Waals surface area contributed by atoms with Gasteiger partial charge in [0.15, 0.2) is 0 Å². The molecule has 0 aromatic heterocycles. The summed E-state index contributed by atoms with van der Waals surface area (Å²) >= 11 is 0. The highest BCUT2D eigenvalue weighted by atomic mass is 16.2. The first-order valence-electron chi connectivity index (χ1n) is 9.68. The Morgan fingerprint density at radius 2 is 1.88 bits per heavy atom. The Labute approximate surface area is 149 Å². The summed E-state index contributed by atoms with van der Waals surface area (Å²) < 4.78 is 0. The fourth-order valence-electron chi connectivity index (χ4n) is 4.28. The van der Waals surface area contributed by atoms with E-state index in [1.807, 2.05) is 0 Å². The molecule has 3 fully saturated rings. The Kier molecular flexibility index (Phi) is 5.61. The molecular weight excluding hydrogens is 320 g/mol. The molecule has 0 aromatic rings. The molecule has 3 rings (SSSR count). The summed E-state index contributed by atoms with van der Waals surface area (Å²) in [4.78, 5) is 40.5. The molecule has 3 aliphatic rings. The van der Waals surface area contributed by atoms with Crippen LogP contribution in [0.5, 0.6) is 0 Å². The zero-order chi connectivity index (χ0) is 17.9. The lowest BCUT2D eigenvalue weighted by Crippen LogP contribution is -2.49. The maximum Gasteiger partial charge on any atom is 0.325 e. The molecule has 2 heterocycles. The maximum absolute atomic E-state index is 12.7.